The van der Waals surface area contributed by atoms with Crippen molar-refractivity contribution in [2.75, 3.05) is 0 Å². The van der Waals surface area contributed by atoms with E-state index in [9.17, 15) is 9.18 Å². The Balaban J connectivity index is 1.80. The van der Waals surface area contributed by atoms with Gasteiger partial charge in [-0.2, -0.15) is 0 Å². The van der Waals surface area contributed by atoms with Crippen LogP contribution in [0.25, 0.3) is 0 Å². The summed E-state index contributed by atoms with van der Waals surface area (Å²) in [5.74, 6) is 1.07. The van der Waals surface area contributed by atoms with Gasteiger partial charge in [0.05, 0.1) is 0 Å². The van der Waals surface area contributed by atoms with Crippen molar-refractivity contribution >= 4 is 5.91 Å². The van der Waals surface area contributed by atoms with Gasteiger partial charge in [-0.05, 0) is 36.8 Å². The summed E-state index contributed by atoms with van der Waals surface area (Å²) >= 11 is 0. The molecule has 0 bridgehead atoms. The molecule has 0 saturated carbocycles. The van der Waals surface area contributed by atoms with E-state index in [4.69, 9.17) is 10.2 Å². The Bertz CT molecular complexity index is 636. The molecule has 104 valence electrons. The zero-order chi connectivity index (χ0) is 14.3. The summed E-state index contributed by atoms with van der Waals surface area (Å²) in [7, 11) is 0. The quantitative estimate of drug-likeness (QED) is 0.872. The van der Waals surface area contributed by atoms with Gasteiger partial charge in [-0.25, -0.2) is 4.39 Å². The van der Waals surface area contributed by atoms with Crippen molar-refractivity contribution in [3.8, 4) is 0 Å². The molecule has 1 fully saturated rings. The summed E-state index contributed by atoms with van der Waals surface area (Å²) in [6.45, 7) is 2.25. The molecule has 1 aliphatic rings. The molecule has 2 N–H and O–H groups in total. The number of furan rings is 1. The Morgan fingerprint density at radius 2 is 1.95 bits per heavy atom. The number of hydrogen-bond acceptors (Lipinski definition) is 3. The van der Waals surface area contributed by atoms with Gasteiger partial charge in [-0.1, -0.05) is 12.1 Å². The minimum Gasteiger partial charge on any atom is -0.464 e. The van der Waals surface area contributed by atoms with E-state index in [0.29, 0.717) is 12.3 Å². The number of benzene rings is 1. The van der Waals surface area contributed by atoms with Gasteiger partial charge in [0, 0.05) is 6.54 Å². The highest BCUT2D eigenvalue weighted by atomic mass is 19.1. The molecule has 2 heterocycles. The Morgan fingerprint density at radius 3 is 2.55 bits per heavy atom. The van der Waals surface area contributed by atoms with E-state index >= 15 is 0 Å². The Hall–Kier alpha value is -2.14. The van der Waals surface area contributed by atoms with Crippen molar-refractivity contribution in [2.45, 2.75) is 25.6 Å². The van der Waals surface area contributed by atoms with Crippen LogP contribution in [0.5, 0.6) is 0 Å². The maximum atomic E-state index is 12.9. The number of likely N-dealkylation sites (tertiary alicyclic amines) is 1. The molecule has 2 atom stereocenters. The van der Waals surface area contributed by atoms with Crippen LogP contribution < -0.4 is 5.73 Å². The Morgan fingerprint density at radius 1 is 1.25 bits per heavy atom. The van der Waals surface area contributed by atoms with E-state index in [-0.39, 0.29) is 17.8 Å². The highest BCUT2D eigenvalue weighted by molar-refractivity contribution is 5.89. The summed E-state index contributed by atoms with van der Waals surface area (Å²) in [6.07, 6.45) is 0. The van der Waals surface area contributed by atoms with Gasteiger partial charge in [0.2, 0.25) is 5.91 Å². The van der Waals surface area contributed by atoms with Crippen molar-refractivity contribution in [1.29, 1.82) is 0 Å². The lowest BCUT2D eigenvalue weighted by atomic mass is 9.93. The first kappa shape index (κ1) is 12.9. The molecular weight excluding hydrogens is 259 g/mol. The number of carbonyl (C=O) groups excluding carboxylic acids is 1. The minimum atomic E-state index is -0.569. The summed E-state index contributed by atoms with van der Waals surface area (Å²) in [5.41, 5.74) is 6.73. The third-order valence-electron chi connectivity index (χ3n) is 3.56. The van der Waals surface area contributed by atoms with Crippen LogP contribution in [0.1, 0.15) is 23.1 Å². The molecule has 1 aromatic carbocycles. The lowest BCUT2D eigenvalue weighted by molar-refractivity contribution is -0.151. The van der Waals surface area contributed by atoms with Crippen molar-refractivity contribution in [3.63, 3.8) is 0 Å². The van der Waals surface area contributed by atoms with E-state index in [1.807, 2.05) is 19.1 Å². The van der Waals surface area contributed by atoms with Gasteiger partial charge in [0.1, 0.15) is 29.4 Å². The van der Waals surface area contributed by atoms with Gasteiger partial charge in [-0.3, -0.25) is 4.79 Å². The molecule has 0 aliphatic carbocycles. The van der Waals surface area contributed by atoms with Crippen molar-refractivity contribution in [2.24, 2.45) is 5.73 Å². The number of amides is 1. The summed E-state index contributed by atoms with van der Waals surface area (Å²) in [5, 5.41) is 0. The molecule has 5 heteroatoms. The fourth-order valence-corrected chi connectivity index (χ4v) is 2.48. The molecule has 3 rings (SSSR count). The largest absolute Gasteiger partial charge is 0.464 e. The van der Waals surface area contributed by atoms with Crippen LogP contribution in [0.15, 0.2) is 40.8 Å². The first-order chi connectivity index (χ1) is 9.56. The number of aryl methyl sites for hydroxylation is 1. The van der Waals surface area contributed by atoms with Crippen LogP contribution in [0.3, 0.4) is 0 Å². The molecule has 1 amide bonds. The monoisotopic (exact) mass is 274 g/mol. The second-order valence-corrected chi connectivity index (χ2v) is 5.01. The van der Waals surface area contributed by atoms with Crippen LogP contribution >= 0.6 is 0 Å². The Kier molecular flexibility index (Phi) is 3.06. The summed E-state index contributed by atoms with van der Waals surface area (Å²) < 4.78 is 18.4. The van der Waals surface area contributed by atoms with Gasteiger partial charge in [0.25, 0.3) is 0 Å². The Labute approximate surface area is 116 Å². The number of β-lactam (4-membered cyclic amide) rings is 1. The normalized spacial score (nSPS) is 21.9. The molecule has 4 nitrogen and oxygen atoms in total. The van der Waals surface area contributed by atoms with Crippen LogP contribution in [-0.4, -0.2) is 16.8 Å². The zero-order valence-corrected chi connectivity index (χ0v) is 11.0. The molecule has 0 radical (unpaired) electrons. The molecular formula is C15H15FN2O2. The van der Waals surface area contributed by atoms with Gasteiger partial charge in [0.15, 0.2) is 0 Å². The SMILES string of the molecule is Cc1ccc([C@@H]2[C@@H](N)C(=O)N2Cc2ccc(F)cc2)o1. The first-order valence-corrected chi connectivity index (χ1v) is 6.43. The number of nitrogens with zero attached hydrogens (tertiary/aromatic N) is 1. The standard InChI is InChI=1S/C15H15FN2O2/c1-9-2-7-12(20-9)14-13(17)15(19)18(14)8-10-3-5-11(16)6-4-10/h2-7,13-14H,8,17H2,1H3/t13-,14-/m1/s1. The van der Waals surface area contributed by atoms with E-state index in [1.165, 1.54) is 12.1 Å². The fraction of sp³-hybridized carbons (Fsp3) is 0.267. The van der Waals surface area contributed by atoms with Gasteiger partial charge >= 0.3 is 0 Å². The van der Waals surface area contributed by atoms with E-state index in [1.54, 1.807) is 17.0 Å². The lowest BCUT2D eigenvalue weighted by Crippen LogP contribution is -2.62. The predicted molar refractivity (Wildman–Crippen MR) is 71.1 cm³/mol. The topological polar surface area (TPSA) is 59.5 Å². The molecule has 20 heavy (non-hydrogen) atoms. The second kappa shape index (κ2) is 4.76. The third-order valence-corrected chi connectivity index (χ3v) is 3.56. The van der Waals surface area contributed by atoms with Crippen LogP contribution in [0.2, 0.25) is 0 Å². The summed E-state index contributed by atoms with van der Waals surface area (Å²) in [6, 6.07) is 8.96. The number of nitrogens with two attached hydrogens (primary N) is 1. The van der Waals surface area contributed by atoms with Crippen LogP contribution in [0, 0.1) is 12.7 Å². The lowest BCUT2D eigenvalue weighted by Gasteiger charge is -2.44. The number of hydrogen-bond donors (Lipinski definition) is 1. The highest BCUT2D eigenvalue weighted by Crippen LogP contribution is 2.35. The number of halogens is 1. The van der Waals surface area contributed by atoms with Gasteiger partial charge < -0.3 is 15.1 Å². The maximum absolute atomic E-state index is 12.9. The first-order valence-electron chi connectivity index (χ1n) is 6.43. The molecule has 0 spiro atoms. The molecule has 1 aromatic heterocycles. The average molecular weight is 274 g/mol. The number of carbonyl (C=O) groups is 1. The second-order valence-electron chi connectivity index (χ2n) is 5.01. The van der Waals surface area contributed by atoms with Crippen molar-refractivity contribution < 1.29 is 13.6 Å². The van der Waals surface area contributed by atoms with Crippen LogP contribution in [-0.2, 0) is 11.3 Å². The predicted octanol–water partition coefficient (Wildman–Crippen LogP) is 2.14. The highest BCUT2D eigenvalue weighted by Gasteiger charge is 2.47. The number of rotatable bonds is 3. The molecule has 2 aromatic rings. The smallest absolute Gasteiger partial charge is 0.243 e. The van der Waals surface area contributed by atoms with Gasteiger partial charge in [-0.15, -0.1) is 0 Å². The van der Waals surface area contributed by atoms with Crippen molar-refractivity contribution in [1.82, 2.24) is 4.90 Å². The molecule has 1 saturated heterocycles. The van der Waals surface area contributed by atoms with E-state index < -0.39 is 6.04 Å². The van der Waals surface area contributed by atoms with E-state index in [2.05, 4.69) is 0 Å². The zero-order valence-electron chi connectivity index (χ0n) is 11.0. The molecule has 0 unspecified atom stereocenters. The minimum absolute atomic E-state index is 0.117. The maximum Gasteiger partial charge on any atom is 0.243 e. The fourth-order valence-electron chi connectivity index (χ4n) is 2.48. The summed E-state index contributed by atoms with van der Waals surface area (Å²) in [4.78, 5) is 13.6. The third kappa shape index (κ3) is 2.10. The molecule has 1 aliphatic heterocycles. The van der Waals surface area contributed by atoms with E-state index in [0.717, 1.165) is 11.3 Å². The van der Waals surface area contributed by atoms with Crippen LogP contribution in [0.4, 0.5) is 4.39 Å². The van der Waals surface area contributed by atoms with Crippen molar-refractivity contribution in [3.05, 3.63) is 59.3 Å². The average Bonchev–Trinajstić information content (AvgIpc) is 2.86.